The van der Waals surface area contributed by atoms with E-state index in [9.17, 15) is 0 Å². The summed E-state index contributed by atoms with van der Waals surface area (Å²) < 4.78 is 0. The molecule has 0 atom stereocenters. The van der Waals surface area contributed by atoms with Crippen molar-refractivity contribution in [3.05, 3.63) is 42.2 Å². The fourth-order valence-corrected chi connectivity index (χ4v) is 0.983. The van der Waals surface area contributed by atoms with Crippen LogP contribution in [-0.2, 0) is 6.54 Å². The number of nitrogens with zero attached hydrogens (tertiary/aromatic N) is 1. The van der Waals surface area contributed by atoms with E-state index in [4.69, 9.17) is 17.3 Å². The first-order valence-corrected chi connectivity index (χ1v) is 3.99. The highest BCUT2D eigenvalue weighted by Gasteiger charge is 1.96. The Morgan fingerprint density at radius 1 is 1.23 bits per heavy atom. The first-order valence-electron chi connectivity index (χ1n) is 3.99. The van der Waals surface area contributed by atoms with Crippen LogP contribution < -0.4 is 22.3 Å². The van der Waals surface area contributed by atoms with E-state index in [1.54, 1.807) is 6.20 Å². The summed E-state index contributed by atoms with van der Waals surface area (Å²) in [4.78, 5) is 0. The zero-order valence-corrected chi connectivity index (χ0v) is 7.35. The summed E-state index contributed by atoms with van der Waals surface area (Å²) in [6.45, 7) is 0.539. The lowest BCUT2D eigenvalue weighted by atomic mass is 10.2. The fourth-order valence-electron chi connectivity index (χ4n) is 0.983. The Morgan fingerprint density at radius 2 is 1.85 bits per heavy atom. The van der Waals surface area contributed by atoms with Crippen LogP contribution in [0.1, 0.15) is 5.56 Å². The quantitative estimate of drug-likeness (QED) is 0.458. The molecule has 1 aromatic carbocycles. The third kappa shape index (κ3) is 2.47. The summed E-state index contributed by atoms with van der Waals surface area (Å²) in [5, 5.41) is 1.44. The molecule has 70 valence electrons. The van der Waals surface area contributed by atoms with Gasteiger partial charge in [0.1, 0.15) is 0 Å². The maximum absolute atomic E-state index is 5.63. The predicted molar refractivity (Wildman–Crippen MR) is 54.3 cm³/mol. The molecule has 13 heavy (non-hydrogen) atoms. The van der Waals surface area contributed by atoms with Crippen LogP contribution in [0.3, 0.4) is 0 Å². The van der Waals surface area contributed by atoms with Gasteiger partial charge in [0.2, 0.25) is 0 Å². The lowest BCUT2D eigenvalue weighted by Gasteiger charge is -2.13. The van der Waals surface area contributed by atoms with Crippen LogP contribution in [0.2, 0.25) is 0 Å². The number of rotatable bonds is 3. The smallest absolute Gasteiger partial charge is 0.0569 e. The second-order valence-electron chi connectivity index (χ2n) is 2.62. The van der Waals surface area contributed by atoms with Crippen molar-refractivity contribution in [2.45, 2.75) is 6.54 Å². The van der Waals surface area contributed by atoms with Crippen LogP contribution in [0.15, 0.2) is 36.7 Å². The molecule has 0 radical (unpaired) electrons. The number of hydrazine groups is 1. The Morgan fingerprint density at radius 3 is 2.31 bits per heavy atom. The molecule has 0 aliphatic heterocycles. The summed E-state index contributed by atoms with van der Waals surface area (Å²) in [6, 6.07) is 7.64. The number of hydrogen-bond donors (Lipinski definition) is 3. The van der Waals surface area contributed by atoms with Gasteiger partial charge in [-0.2, -0.15) is 0 Å². The largest absolute Gasteiger partial charge is 0.403 e. The van der Waals surface area contributed by atoms with Gasteiger partial charge >= 0.3 is 0 Å². The number of nitrogens with two attached hydrogens (primary N) is 3. The predicted octanol–water partition coefficient (Wildman–Crippen LogP) is 0.255. The van der Waals surface area contributed by atoms with Crippen LogP contribution in [0.25, 0.3) is 0 Å². The summed E-state index contributed by atoms with van der Waals surface area (Å²) >= 11 is 0. The van der Waals surface area contributed by atoms with Gasteiger partial charge in [-0.25, -0.2) is 5.84 Å². The van der Waals surface area contributed by atoms with E-state index in [1.807, 2.05) is 24.3 Å². The molecular formula is C9H14N4. The molecule has 0 saturated carbocycles. The molecule has 4 nitrogen and oxygen atoms in total. The molecule has 0 aliphatic rings. The summed E-state index contributed by atoms with van der Waals surface area (Å²) in [7, 11) is 0. The van der Waals surface area contributed by atoms with Crippen molar-refractivity contribution in [1.82, 2.24) is 0 Å². The minimum atomic E-state index is 0.539. The lowest BCUT2D eigenvalue weighted by Crippen LogP contribution is -2.24. The molecular weight excluding hydrogens is 164 g/mol. The minimum Gasteiger partial charge on any atom is -0.403 e. The SMILES string of the molecule is N/C=C\N(N)c1ccc(CN)cc1. The second-order valence-corrected chi connectivity index (χ2v) is 2.62. The van der Waals surface area contributed by atoms with Gasteiger partial charge in [0.05, 0.1) is 5.69 Å². The Bertz CT molecular complexity index is 278. The van der Waals surface area contributed by atoms with Gasteiger partial charge in [0.25, 0.3) is 0 Å². The molecule has 4 heteroatoms. The molecule has 0 spiro atoms. The van der Waals surface area contributed by atoms with Gasteiger partial charge in [0.15, 0.2) is 0 Å². The maximum Gasteiger partial charge on any atom is 0.0569 e. The van der Waals surface area contributed by atoms with Crippen LogP contribution in [0, 0.1) is 0 Å². The zero-order valence-electron chi connectivity index (χ0n) is 7.35. The highest BCUT2D eigenvalue weighted by Crippen LogP contribution is 2.11. The summed E-state index contributed by atoms with van der Waals surface area (Å²) in [6.07, 6.45) is 2.97. The standard InChI is InChI=1S/C9H14N4/c10-5-6-13(12)9-3-1-8(7-11)2-4-9/h1-6H,7,10-12H2/b6-5-. The molecule has 0 fully saturated rings. The maximum atomic E-state index is 5.63. The average molecular weight is 178 g/mol. The van der Waals surface area contributed by atoms with E-state index in [-0.39, 0.29) is 0 Å². The third-order valence-electron chi connectivity index (χ3n) is 1.72. The van der Waals surface area contributed by atoms with E-state index < -0.39 is 0 Å². The van der Waals surface area contributed by atoms with Crippen molar-refractivity contribution < 1.29 is 0 Å². The van der Waals surface area contributed by atoms with Gasteiger partial charge in [-0.1, -0.05) is 12.1 Å². The lowest BCUT2D eigenvalue weighted by molar-refractivity contribution is 1.05. The van der Waals surface area contributed by atoms with Gasteiger partial charge in [-0.05, 0) is 17.7 Å². The highest BCUT2D eigenvalue weighted by atomic mass is 15.4. The van der Waals surface area contributed by atoms with Crippen molar-refractivity contribution in [2.24, 2.45) is 17.3 Å². The van der Waals surface area contributed by atoms with Crippen LogP contribution in [0.4, 0.5) is 5.69 Å². The molecule has 1 rings (SSSR count). The second kappa shape index (κ2) is 4.49. The van der Waals surface area contributed by atoms with Gasteiger partial charge in [0, 0.05) is 18.9 Å². The molecule has 0 amide bonds. The van der Waals surface area contributed by atoms with Crippen molar-refractivity contribution in [1.29, 1.82) is 0 Å². The Balaban J connectivity index is 2.79. The van der Waals surface area contributed by atoms with Crippen LogP contribution >= 0.6 is 0 Å². The molecule has 0 saturated heterocycles. The molecule has 0 bridgehead atoms. The minimum absolute atomic E-state index is 0.539. The van der Waals surface area contributed by atoms with E-state index in [2.05, 4.69) is 0 Å². The fraction of sp³-hybridized carbons (Fsp3) is 0.111. The molecule has 1 aromatic rings. The first-order chi connectivity index (χ1) is 6.27. The van der Waals surface area contributed by atoms with E-state index in [0.29, 0.717) is 6.54 Å². The van der Waals surface area contributed by atoms with E-state index in [1.165, 1.54) is 11.2 Å². The Kier molecular flexibility index (Phi) is 3.31. The topological polar surface area (TPSA) is 81.3 Å². The number of anilines is 1. The number of hydrogen-bond acceptors (Lipinski definition) is 4. The normalized spacial score (nSPS) is 10.6. The Hall–Kier alpha value is -1.52. The van der Waals surface area contributed by atoms with E-state index in [0.717, 1.165) is 11.3 Å². The number of benzene rings is 1. The first kappa shape index (κ1) is 9.57. The van der Waals surface area contributed by atoms with Gasteiger partial charge < -0.3 is 11.5 Å². The zero-order chi connectivity index (χ0) is 9.68. The average Bonchev–Trinajstić information content (AvgIpc) is 2.18. The van der Waals surface area contributed by atoms with Crippen LogP contribution in [0.5, 0.6) is 0 Å². The van der Waals surface area contributed by atoms with Crippen molar-refractivity contribution >= 4 is 5.69 Å². The Labute approximate surface area is 77.6 Å². The summed E-state index contributed by atoms with van der Waals surface area (Å²) in [5.74, 6) is 5.63. The molecule has 0 aliphatic carbocycles. The van der Waals surface area contributed by atoms with Crippen molar-refractivity contribution in [3.8, 4) is 0 Å². The van der Waals surface area contributed by atoms with E-state index >= 15 is 0 Å². The van der Waals surface area contributed by atoms with Crippen molar-refractivity contribution in [3.63, 3.8) is 0 Å². The summed E-state index contributed by atoms with van der Waals surface area (Å²) in [5.41, 5.74) is 12.6. The van der Waals surface area contributed by atoms with Crippen LogP contribution in [-0.4, -0.2) is 0 Å². The molecule has 0 heterocycles. The monoisotopic (exact) mass is 178 g/mol. The molecule has 6 N–H and O–H groups in total. The van der Waals surface area contributed by atoms with Gasteiger partial charge in [-0.15, -0.1) is 0 Å². The van der Waals surface area contributed by atoms with Gasteiger partial charge in [-0.3, -0.25) is 5.01 Å². The van der Waals surface area contributed by atoms with Crippen molar-refractivity contribution in [2.75, 3.05) is 5.01 Å². The third-order valence-corrected chi connectivity index (χ3v) is 1.72. The molecule has 0 aromatic heterocycles. The molecule has 0 unspecified atom stereocenters. The highest BCUT2D eigenvalue weighted by molar-refractivity contribution is 5.48.